The number of unbranched alkanes of at least 4 members (excludes halogenated alkanes) is 10. The van der Waals surface area contributed by atoms with E-state index in [-0.39, 0.29) is 5.75 Å². The molecule has 0 heterocycles. The molecular weight excluding hydrogens is 421 g/mol. The van der Waals surface area contributed by atoms with Crippen LogP contribution in [0.3, 0.4) is 0 Å². The molecular formula is C24H41Cl2NO3. The number of nitrogens with zero attached hydrogens (tertiary/aromatic N) is 1. The van der Waals surface area contributed by atoms with Gasteiger partial charge < -0.3 is 15.1 Å². The molecule has 0 spiro atoms. The molecule has 0 saturated carbocycles. The lowest BCUT2D eigenvalue weighted by molar-refractivity contribution is -0.137. The first kappa shape index (κ1) is 28.9. The molecule has 0 fully saturated rings. The van der Waals surface area contributed by atoms with Crippen LogP contribution >= 0.6 is 23.2 Å². The molecule has 0 bridgehead atoms. The van der Waals surface area contributed by atoms with Gasteiger partial charge in [0.1, 0.15) is 5.75 Å². The van der Waals surface area contributed by atoms with E-state index in [0.717, 1.165) is 31.6 Å². The summed E-state index contributed by atoms with van der Waals surface area (Å²) >= 11 is 11.4. The Kier molecular flexibility index (Phi) is 20.3. The van der Waals surface area contributed by atoms with Crippen molar-refractivity contribution in [3.05, 3.63) is 24.3 Å². The number of hydrogen-bond donors (Lipinski definition) is 2. The number of rotatable bonds is 17. The Morgan fingerprint density at radius 3 is 1.63 bits per heavy atom. The second-order valence-electron chi connectivity index (χ2n) is 7.56. The van der Waals surface area contributed by atoms with Crippen molar-refractivity contribution in [1.82, 2.24) is 0 Å². The molecule has 6 heteroatoms. The van der Waals surface area contributed by atoms with Gasteiger partial charge in [-0.3, -0.25) is 4.79 Å². The van der Waals surface area contributed by atoms with Gasteiger partial charge in [-0.2, -0.15) is 0 Å². The molecule has 0 saturated heterocycles. The predicted molar refractivity (Wildman–Crippen MR) is 130 cm³/mol. The van der Waals surface area contributed by atoms with Crippen LogP contribution in [-0.2, 0) is 4.79 Å². The summed E-state index contributed by atoms with van der Waals surface area (Å²) in [7, 11) is 0. The molecule has 0 aliphatic carbocycles. The summed E-state index contributed by atoms with van der Waals surface area (Å²) in [6, 6.07) is 7.03. The Balaban J connectivity index is 0.000000564. The molecule has 0 radical (unpaired) electrons. The fourth-order valence-corrected chi connectivity index (χ4v) is 3.59. The summed E-state index contributed by atoms with van der Waals surface area (Å²) in [5.41, 5.74) is 1.03. The van der Waals surface area contributed by atoms with Crippen LogP contribution in [0.4, 0.5) is 5.69 Å². The largest absolute Gasteiger partial charge is 0.508 e. The van der Waals surface area contributed by atoms with Crippen molar-refractivity contribution in [3.8, 4) is 5.75 Å². The molecule has 174 valence electrons. The number of anilines is 1. The number of carboxylic acid groups (broad SMARTS) is 1. The van der Waals surface area contributed by atoms with Crippen molar-refractivity contribution in [1.29, 1.82) is 0 Å². The van der Waals surface area contributed by atoms with Crippen molar-refractivity contribution in [2.75, 3.05) is 29.7 Å². The van der Waals surface area contributed by atoms with Crippen molar-refractivity contribution in [2.45, 2.75) is 84.0 Å². The van der Waals surface area contributed by atoms with Crippen LogP contribution in [-0.4, -0.2) is 41.0 Å². The van der Waals surface area contributed by atoms with Gasteiger partial charge in [-0.05, 0) is 30.7 Å². The van der Waals surface area contributed by atoms with E-state index in [1.165, 1.54) is 57.8 Å². The highest BCUT2D eigenvalue weighted by molar-refractivity contribution is 6.18. The van der Waals surface area contributed by atoms with Crippen LogP contribution in [0.5, 0.6) is 5.75 Å². The summed E-state index contributed by atoms with van der Waals surface area (Å²) in [5.74, 6) is 0.747. The maximum absolute atomic E-state index is 10.3. The van der Waals surface area contributed by atoms with Gasteiger partial charge >= 0.3 is 5.97 Å². The number of aromatic hydroxyl groups is 1. The minimum Gasteiger partial charge on any atom is -0.508 e. The zero-order chi connectivity index (χ0) is 22.5. The second kappa shape index (κ2) is 21.1. The maximum atomic E-state index is 10.3. The SMILES string of the molecule is CCCCCCCCCCCCCC(=O)O.Oc1ccc(N(CCCl)CCCl)cc1. The van der Waals surface area contributed by atoms with Crippen molar-refractivity contribution >= 4 is 34.9 Å². The molecule has 0 aliphatic heterocycles. The van der Waals surface area contributed by atoms with E-state index >= 15 is 0 Å². The quantitative estimate of drug-likeness (QED) is 0.186. The number of benzene rings is 1. The first-order valence-corrected chi connectivity index (χ1v) is 12.5. The van der Waals surface area contributed by atoms with Gasteiger partial charge in [-0.25, -0.2) is 0 Å². The highest BCUT2D eigenvalue weighted by atomic mass is 35.5. The zero-order valence-corrected chi connectivity index (χ0v) is 20.1. The van der Waals surface area contributed by atoms with E-state index < -0.39 is 5.97 Å². The zero-order valence-electron chi connectivity index (χ0n) is 18.6. The fourth-order valence-electron chi connectivity index (χ4n) is 3.18. The number of phenolic OH excluding ortho intramolecular Hbond substituents is 1. The molecule has 0 aliphatic rings. The minimum atomic E-state index is -0.657. The number of aliphatic carboxylic acids is 1. The Morgan fingerprint density at radius 2 is 1.23 bits per heavy atom. The average molecular weight is 463 g/mol. The molecule has 0 aromatic heterocycles. The van der Waals surface area contributed by atoms with E-state index in [1.54, 1.807) is 12.1 Å². The summed E-state index contributed by atoms with van der Waals surface area (Å²) in [6.45, 7) is 3.77. The summed E-state index contributed by atoms with van der Waals surface area (Å²) in [4.78, 5) is 12.3. The molecule has 30 heavy (non-hydrogen) atoms. The van der Waals surface area contributed by atoms with Crippen LogP contribution in [0.15, 0.2) is 24.3 Å². The summed E-state index contributed by atoms with van der Waals surface area (Å²) in [6.07, 6.45) is 14.4. The molecule has 0 amide bonds. The van der Waals surface area contributed by atoms with Gasteiger partial charge in [-0.1, -0.05) is 71.1 Å². The lowest BCUT2D eigenvalue weighted by atomic mass is 10.1. The van der Waals surface area contributed by atoms with Gasteiger partial charge in [0.25, 0.3) is 0 Å². The van der Waals surface area contributed by atoms with E-state index in [4.69, 9.17) is 33.4 Å². The Morgan fingerprint density at radius 1 is 0.800 bits per heavy atom. The maximum Gasteiger partial charge on any atom is 0.303 e. The smallest absolute Gasteiger partial charge is 0.303 e. The summed E-state index contributed by atoms with van der Waals surface area (Å²) < 4.78 is 0. The van der Waals surface area contributed by atoms with Crippen LogP contribution in [0.1, 0.15) is 84.0 Å². The molecule has 0 atom stereocenters. The van der Waals surface area contributed by atoms with E-state index in [9.17, 15) is 4.79 Å². The number of halogens is 2. The highest BCUT2D eigenvalue weighted by Crippen LogP contribution is 2.18. The van der Waals surface area contributed by atoms with E-state index in [2.05, 4.69) is 11.8 Å². The van der Waals surface area contributed by atoms with Crippen LogP contribution in [0.25, 0.3) is 0 Å². The average Bonchev–Trinajstić information content (AvgIpc) is 2.73. The topological polar surface area (TPSA) is 60.8 Å². The Labute approximate surface area is 193 Å². The molecule has 1 aromatic carbocycles. The number of alkyl halides is 2. The first-order chi connectivity index (χ1) is 14.5. The molecule has 1 aromatic rings. The van der Waals surface area contributed by atoms with E-state index in [1.807, 2.05) is 12.1 Å². The van der Waals surface area contributed by atoms with Crippen LogP contribution in [0, 0.1) is 0 Å². The van der Waals surface area contributed by atoms with Crippen molar-refractivity contribution in [3.63, 3.8) is 0 Å². The standard InChI is InChI=1S/C14H28O2.C10H13Cl2NO/c1-2-3-4-5-6-7-8-9-10-11-12-13-14(15)16;11-5-7-13(8-6-12)9-1-3-10(14)4-2-9/h2-13H2,1H3,(H,15,16);1-4,14H,5-8H2. The van der Waals surface area contributed by atoms with Crippen molar-refractivity contribution in [2.24, 2.45) is 0 Å². The number of phenols is 1. The fraction of sp³-hybridized carbons (Fsp3) is 0.708. The van der Waals surface area contributed by atoms with Gasteiger partial charge in [0, 0.05) is 37.0 Å². The second-order valence-corrected chi connectivity index (χ2v) is 8.32. The number of hydrogen-bond acceptors (Lipinski definition) is 3. The van der Waals surface area contributed by atoms with Gasteiger partial charge in [-0.15, -0.1) is 23.2 Å². The third kappa shape index (κ3) is 17.7. The lowest BCUT2D eigenvalue weighted by Gasteiger charge is -2.22. The monoisotopic (exact) mass is 461 g/mol. The highest BCUT2D eigenvalue weighted by Gasteiger charge is 2.04. The Bertz CT molecular complexity index is 506. The molecule has 2 N–H and O–H groups in total. The van der Waals surface area contributed by atoms with Crippen molar-refractivity contribution < 1.29 is 15.0 Å². The normalized spacial score (nSPS) is 10.4. The predicted octanol–water partition coefficient (Wildman–Crippen LogP) is 7.45. The lowest BCUT2D eigenvalue weighted by Crippen LogP contribution is -2.27. The number of carboxylic acids is 1. The minimum absolute atomic E-state index is 0.269. The Hall–Kier alpha value is -1.13. The number of carbonyl (C=O) groups is 1. The molecule has 4 nitrogen and oxygen atoms in total. The van der Waals surface area contributed by atoms with Gasteiger partial charge in [0.15, 0.2) is 0 Å². The van der Waals surface area contributed by atoms with Crippen LogP contribution in [0.2, 0.25) is 0 Å². The van der Waals surface area contributed by atoms with Crippen LogP contribution < -0.4 is 4.90 Å². The molecule has 1 rings (SSSR count). The van der Waals surface area contributed by atoms with E-state index in [0.29, 0.717) is 18.2 Å². The van der Waals surface area contributed by atoms with Gasteiger partial charge in [0.05, 0.1) is 0 Å². The summed E-state index contributed by atoms with van der Waals surface area (Å²) in [5, 5.41) is 17.6. The van der Waals surface area contributed by atoms with Gasteiger partial charge in [0.2, 0.25) is 0 Å². The third-order valence-electron chi connectivity index (χ3n) is 4.92. The third-order valence-corrected chi connectivity index (χ3v) is 5.26. The molecule has 0 unspecified atom stereocenters. The first-order valence-electron chi connectivity index (χ1n) is 11.4.